The average molecular weight is 1030 g/mol. The van der Waals surface area contributed by atoms with E-state index in [-0.39, 0.29) is 0 Å². The maximum Gasteiger partial charge on any atom is 0.139 e. The van der Waals surface area contributed by atoms with Gasteiger partial charge in [-0.1, -0.05) is 27.3 Å². The summed E-state index contributed by atoms with van der Waals surface area (Å²) in [6, 6.07) is 0. The molecule has 0 aromatic heterocycles. The molecule has 0 N–H and O–H groups in total. The van der Waals surface area contributed by atoms with E-state index in [1.807, 2.05) is 0 Å². The number of hydrogen-bond donors (Lipinski definition) is 0. The molecule has 0 unspecified atom stereocenters. The van der Waals surface area contributed by atoms with E-state index in [2.05, 4.69) is 243 Å². The summed E-state index contributed by atoms with van der Waals surface area (Å²) in [5.74, 6) is 0. The first-order valence-corrected chi connectivity index (χ1v) is 33.4. The average Bonchev–Trinajstić information content (AvgIpc) is 1.96. The minimum atomic E-state index is 0.315. The molecule has 0 nitrogen and oxygen atoms in total. The second kappa shape index (κ2) is 25.4. The molecule has 0 radical (unpaired) electrons. The molecule has 82 heavy (non-hydrogen) atoms. The third-order valence-electron chi connectivity index (χ3n) is 23.5. The van der Waals surface area contributed by atoms with E-state index < -0.39 is 0 Å². The summed E-state index contributed by atoms with van der Waals surface area (Å²) in [6.07, 6.45) is 2.99. The zero-order valence-corrected chi connectivity index (χ0v) is 59.2. The number of aryl methyl sites for hydroxylation is 8. The van der Waals surface area contributed by atoms with Crippen molar-refractivity contribution in [1.29, 1.82) is 0 Å². The van der Waals surface area contributed by atoms with Crippen molar-refractivity contribution in [2.24, 2.45) is 0 Å². The molecule has 7 aromatic carbocycles. The van der Waals surface area contributed by atoms with E-state index in [9.17, 15) is 0 Å². The van der Waals surface area contributed by atoms with Gasteiger partial charge >= 0.3 is 0 Å². The second-order valence-electron chi connectivity index (χ2n) is 29.2. The van der Waals surface area contributed by atoms with Crippen LogP contribution in [0.4, 0.5) is 0 Å². The predicted molar refractivity (Wildman–Crippen MR) is 462 cm³/mol. The van der Waals surface area contributed by atoms with Crippen molar-refractivity contribution in [1.82, 2.24) is 0 Å². The van der Waals surface area contributed by atoms with Gasteiger partial charge in [0.2, 0.25) is 0 Å². The first-order chi connectivity index (χ1) is 38.2. The van der Waals surface area contributed by atoms with Crippen LogP contribution in [0.1, 0.15) is 83.5 Å². The Kier molecular flexibility index (Phi) is 20.9. The van der Waals surface area contributed by atoms with Gasteiger partial charge in [-0.15, -0.1) is 10.9 Å². The van der Waals surface area contributed by atoms with Crippen LogP contribution in [0.25, 0.3) is 65.3 Å². The van der Waals surface area contributed by atoms with Gasteiger partial charge < -0.3 is 0 Å². The van der Waals surface area contributed by atoms with Gasteiger partial charge in [-0.2, -0.15) is 0 Å². The lowest BCUT2D eigenvalue weighted by Gasteiger charge is -2.42. The molecule has 0 amide bonds. The summed E-state index contributed by atoms with van der Waals surface area (Å²) in [7, 11) is 50.5. The van der Waals surface area contributed by atoms with Crippen LogP contribution < -0.4 is 38.2 Å². The highest BCUT2D eigenvalue weighted by atomic mass is 14.3. The van der Waals surface area contributed by atoms with Crippen molar-refractivity contribution in [3.63, 3.8) is 0 Å². The Bertz CT molecular complexity index is 3730. The van der Waals surface area contributed by atoms with E-state index in [1.54, 1.807) is 54.6 Å². The second-order valence-corrected chi connectivity index (χ2v) is 29.2. The Labute approximate surface area is 525 Å². The maximum absolute atomic E-state index is 2.65. The maximum atomic E-state index is 2.65. The Morgan fingerprint density at radius 3 is 1.10 bits per heavy atom. The summed E-state index contributed by atoms with van der Waals surface area (Å²) in [4.78, 5) is 0. The van der Waals surface area contributed by atoms with Gasteiger partial charge in [-0.3, -0.25) is 0 Å². The molecule has 0 fully saturated rings. The van der Waals surface area contributed by atoms with Crippen LogP contribution in [-0.4, -0.2) is 239 Å². The van der Waals surface area contributed by atoms with Crippen LogP contribution in [0.3, 0.4) is 0 Å². The van der Waals surface area contributed by atoms with Crippen LogP contribution in [0.2, 0.25) is 0 Å². The molecule has 0 heterocycles. The topological polar surface area (TPSA) is 0 Å². The molecule has 7 aromatic rings. The third-order valence-corrected chi connectivity index (χ3v) is 23.5. The van der Waals surface area contributed by atoms with Crippen molar-refractivity contribution in [2.45, 2.75) is 104 Å². The van der Waals surface area contributed by atoms with Gasteiger partial charge in [0.1, 0.15) is 15.0 Å². The summed E-state index contributed by atoms with van der Waals surface area (Å²) < 4.78 is 0. The van der Waals surface area contributed by atoms with E-state index in [0.29, 0.717) is 70.8 Å². The largest absolute Gasteiger partial charge is 0.139 e. The Hall–Kier alpha value is -2.28. The Morgan fingerprint density at radius 2 is 0.683 bits per heavy atom. The summed E-state index contributed by atoms with van der Waals surface area (Å²) in [6.45, 7) is 38.6. The van der Waals surface area contributed by atoms with Crippen LogP contribution in [0.15, 0.2) is 0 Å². The summed E-state index contributed by atoms with van der Waals surface area (Å²) in [5.41, 5.74) is 39.2. The van der Waals surface area contributed by atoms with E-state index in [1.165, 1.54) is 140 Å². The van der Waals surface area contributed by atoms with Crippen molar-refractivity contribution in [3.8, 4) is 22.3 Å². The molecule has 0 saturated carbocycles. The van der Waals surface area contributed by atoms with Crippen molar-refractivity contribution in [2.75, 3.05) is 0 Å². The summed E-state index contributed by atoms with van der Waals surface area (Å²) >= 11 is 0. The minimum Gasteiger partial charge on any atom is -0.113 e. The van der Waals surface area contributed by atoms with Gasteiger partial charge in [0.05, 0.1) is 178 Å². The highest BCUT2D eigenvalue weighted by molar-refractivity contribution is 7.89. The zero-order chi connectivity index (χ0) is 61.8. The number of rotatable bonds is 17. The van der Waals surface area contributed by atoms with Crippen LogP contribution in [-0.2, 0) is 0 Å². The van der Waals surface area contributed by atoms with Gasteiger partial charge in [0.15, 0.2) is 0 Å². The molecule has 0 spiro atoms. The first kappa shape index (κ1) is 67.2. The zero-order valence-electron chi connectivity index (χ0n) is 59.2. The minimum absolute atomic E-state index is 0.315. The van der Waals surface area contributed by atoms with Gasteiger partial charge in [0, 0.05) is 45.4 Å². The molecule has 0 aliphatic rings. The molecular formula is C49H85B33. The standard InChI is InChI=1S/C49H85B33/c1-16-17(2)22(7)32-29(14)34(28(13)27(12)31(32)21(16)6)39-35-24(9)19(4)18(3)23(8)33(35)30(15)38-36(39)25(10)20(5)26(11)37(38)41-44(68-51)43(50)40-42(45(41)72(55)69-52)46(73(56)77(57)58)48(74(70-53)78(59)60)49(75(79(61)62)80(63)64)47(40)76(81(65)66)82(67)71-54/h68-71H,50-67H2,1-15H3. The fourth-order valence-corrected chi connectivity index (χ4v) is 17.6. The molecule has 380 valence electrons. The highest BCUT2D eigenvalue weighted by Crippen LogP contribution is 2.52. The van der Waals surface area contributed by atoms with Crippen LogP contribution >= 0.6 is 0 Å². The predicted octanol–water partition coefficient (Wildman–Crippen LogP) is -14.8. The number of fused-ring (bicyclic) bond motifs is 4. The van der Waals surface area contributed by atoms with Crippen LogP contribution in [0, 0.1) is 104 Å². The Balaban J connectivity index is 2.02. The fourth-order valence-electron chi connectivity index (χ4n) is 17.6. The smallest absolute Gasteiger partial charge is 0.113 e. The quantitative estimate of drug-likeness (QED) is 0.0630. The Morgan fingerprint density at radius 1 is 0.280 bits per heavy atom. The molecule has 0 bridgehead atoms. The van der Waals surface area contributed by atoms with Crippen molar-refractivity contribution < 1.29 is 0 Å². The molecule has 0 aliphatic carbocycles. The molecule has 33 heteroatoms. The molecular weight excluding hydrogens is 945 g/mol. The van der Waals surface area contributed by atoms with Crippen molar-refractivity contribution in [3.05, 3.63) is 83.5 Å². The lowest BCUT2D eigenvalue weighted by atomic mass is 8.66. The third kappa shape index (κ3) is 10.4. The number of hydrogen-bond acceptors (Lipinski definition) is 0. The monoisotopic (exact) mass is 1040 g/mol. The van der Waals surface area contributed by atoms with Gasteiger partial charge in [-0.25, -0.2) is 0 Å². The van der Waals surface area contributed by atoms with Gasteiger partial charge in [-0.05, 0) is 253 Å². The van der Waals surface area contributed by atoms with Crippen LogP contribution in [0.5, 0.6) is 0 Å². The molecule has 7 rings (SSSR count). The van der Waals surface area contributed by atoms with E-state index in [4.69, 9.17) is 0 Å². The van der Waals surface area contributed by atoms with Gasteiger partial charge in [0.25, 0.3) is 0 Å². The molecule has 0 saturated heterocycles. The normalized spacial score (nSPS) is 11.3. The molecule has 0 atom stereocenters. The van der Waals surface area contributed by atoms with E-state index in [0.717, 1.165) is 21.3 Å². The SMILES string of the molecule is BBB(B)B(B(B)B)c1c(B(B(B)B)B(B)B)c(B(BB)B(B)B)c(B(B)B(B)B)c2c(B(B)BB)c(-c3c(C)c(C)c(C)c4c(-c5c(C)c(C)c6c(C)c(C)c(C)c(C)c6c5C)c5c(C)c(C)c(C)c(C)c5c(C)c34)c(BB)c(B)c12. The van der Waals surface area contributed by atoms with E-state index >= 15 is 0 Å². The first-order valence-electron chi connectivity index (χ1n) is 33.4. The summed E-state index contributed by atoms with van der Waals surface area (Å²) in [5, 5.41) is 12.1. The van der Waals surface area contributed by atoms with Crippen molar-refractivity contribution >= 4 is 320 Å². The fraction of sp³-hybridized carbons (Fsp3) is 0.306. The molecule has 0 aliphatic heterocycles. The number of benzene rings is 7. The lowest BCUT2D eigenvalue weighted by Crippen LogP contribution is -2.80. The lowest BCUT2D eigenvalue weighted by molar-refractivity contribution is 1.23. The highest BCUT2D eigenvalue weighted by Gasteiger charge is 2.43.